The molecule has 2 N–H and O–H groups in total. The molecule has 0 radical (unpaired) electrons. The van der Waals surface area contributed by atoms with E-state index in [2.05, 4.69) is 5.92 Å². The lowest BCUT2D eigenvalue weighted by molar-refractivity contribution is 0.0460. The number of fused-ring (bicyclic) bond motifs is 1. The zero-order valence-electron chi connectivity index (χ0n) is 13.3. The molecule has 2 aliphatic heterocycles. The molecule has 2 aliphatic rings. The number of aromatic carboxylic acids is 1. The Morgan fingerprint density at radius 3 is 2.80 bits per heavy atom. The van der Waals surface area contributed by atoms with E-state index in [0.717, 1.165) is 23.7 Å². The Morgan fingerprint density at radius 2 is 2.20 bits per heavy atom. The van der Waals surface area contributed by atoms with Gasteiger partial charge in [-0.1, -0.05) is 5.92 Å². The predicted molar refractivity (Wildman–Crippen MR) is 86.1 cm³/mol. The third-order valence-electron chi connectivity index (χ3n) is 4.25. The molecule has 1 aromatic rings. The lowest BCUT2D eigenvalue weighted by atomic mass is 10.1. The minimum Gasteiger partial charge on any atom is -0.502 e. The maximum Gasteiger partial charge on any atom is 0.341 e. The first-order chi connectivity index (χ1) is 11.9. The quantitative estimate of drug-likeness (QED) is 0.701. The van der Waals surface area contributed by atoms with Crippen LogP contribution in [0, 0.1) is 12.3 Å². The van der Waals surface area contributed by atoms with Gasteiger partial charge in [-0.3, -0.25) is 19.3 Å². The highest BCUT2D eigenvalue weighted by molar-refractivity contribution is 5.97. The summed E-state index contributed by atoms with van der Waals surface area (Å²) in [5, 5.41) is 20.8. The number of carbonyl (C=O) groups is 2. The average molecular weight is 347 g/mol. The van der Waals surface area contributed by atoms with E-state index in [-0.39, 0.29) is 25.0 Å². The van der Waals surface area contributed by atoms with E-state index in [1.54, 1.807) is 0 Å². The number of aromatic nitrogens is 1. The van der Waals surface area contributed by atoms with Gasteiger partial charge in [-0.25, -0.2) is 4.79 Å². The topological polar surface area (TPSA) is 112 Å². The van der Waals surface area contributed by atoms with Gasteiger partial charge < -0.3 is 19.8 Å². The van der Waals surface area contributed by atoms with Crippen LogP contribution in [0.4, 0.5) is 0 Å². The van der Waals surface area contributed by atoms with E-state index >= 15 is 0 Å². The summed E-state index contributed by atoms with van der Waals surface area (Å²) in [7, 11) is 0. The molecule has 0 unspecified atom stereocenters. The van der Waals surface area contributed by atoms with Gasteiger partial charge in [-0.15, -0.1) is 6.42 Å². The van der Waals surface area contributed by atoms with Crippen molar-refractivity contribution in [3.05, 3.63) is 27.7 Å². The minimum absolute atomic E-state index is 0.0592. The van der Waals surface area contributed by atoms with Gasteiger partial charge in [0.1, 0.15) is 12.2 Å². The lowest BCUT2D eigenvalue weighted by Crippen LogP contribution is -2.56. The van der Waals surface area contributed by atoms with Crippen LogP contribution in [-0.4, -0.2) is 64.1 Å². The van der Waals surface area contributed by atoms with Crippen molar-refractivity contribution in [2.75, 3.05) is 31.4 Å². The number of pyridine rings is 1. The zero-order chi connectivity index (χ0) is 18.1. The van der Waals surface area contributed by atoms with Gasteiger partial charge in [0.25, 0.3) is 5.91 Å². The fraction of sp³-hybridized carbons (Fsp3) is 0.438. The Balaban J connectivity index is 2.05. The van der Waals surface area contributed by atoms with Crippen LogP contribution in [0.3, 0.4) is 0 Å². The molecule has 0 saturated carbocycles. The van der Waals surface area contributed by atoms with Crippen molar-refractivity contribution in [2.45, 2.75) is 18.9 Å². The Bertz CT molecular complexity index is 818. The number of terminal acetylenes is 1. The summed E-state index contributed by atoms with van der Waals surface area (Å²) in [6.07, 6.45) is 7.97. The largest absolute Gasteiger partial charge is 0.502 e. The number of amides is 1. The molecule has 3 rings (SSSR count). The van der Waals surface area contributed by atoms with Crippen LogP contribution in [-0.2, 0) is 4.74 Å². The second-order valence-corrected chi connectivity index (χ2v) is 5.89. The standard InChI is InChI=1S/C16H17N3O6/c1-2-5-18-9-17(7-10-4-3-6-25-10)15(22)12-14(21)13(20)11(16(23)24)8-19(12)18/h1,8,10,21H,3-7,9H2,(H,23,24)/t10-/m1/s1. The van der Waals surface area contributed by atoms with Crippen LogP contribution >= 0.6 is 0 Å². The predicted octanol–water partition coefficient (Wildman–Crippen LogP) is -0.584. The molecule has 9 heteroatoms. The summed E-state index contributed by atoms with van der Waals surface area (Å²) < 4.78 is 6.68. The molecule has 0 aliphatic carbocycles. The molecule has 1 atom stereocenters. The maximum absolute atomic E-state index is 12.7. The van der Waals surface area contributed by atoms with Gasteiger partial charge in [0.15, 0.2) is 11.4 Å². The van der Waals surface area contributed by atoms with Gasteiger partial charge >= 0.3 is 5.97 Å². The lowest BCUT2D eigenvalue weighted by Gasteiger charge is -2.39. The van der Waals surface area contributed by atoms with Crippen molar-refractivity contribution in [1.82, 2.24) is 9.58 Å². The number of ether oxygens (including phenoxy) is 1. The van der Waals surface area contributed by atoms with Gasteiger partial charge in [0.05, 0.1) is 12.6 Å². The average Bonchev–Trinajstić information content (AvgIpc) is 3.07. The number of carboxylic acid groups (broad SMARTS) is 1. The molecule has 0 bridgehead atoms. The zero-order valence-corrected chi connectivity index (χ0v) is 13.3. The van der Waals surface area contributed by atoms with E-state index < -0.39 is 28.6 Å². The van der Waals surface area contributed by atoms with Gasteiger partial charge in [0.2, 0.25) is 5.43 Å². The smallest absolute Gasteiger partial charge is 0.341 e. The third kappa shape index (κ3) is 2.92. The summed E-state index contributed by atoms with van der Waals surface area (Å²) in [5.74, 6) is -0.549. The number of carbonyl (C=O) groups excluding carboxylic acids is 1. The highest BCUT2D eigenvalue weighted by Gasteiger charge is 2.35. The Kier molecular flexibility index (Phi) is 4.37. The minimum atomic E-state index is -1.49. The first-order valence-electron chi connectivity index (χ1n) is 7.75. The third-order valence-corrected chi connectivity index (χ3v) is 4.25. The maximum atomic E-state index is 12.7. The Labute approximate surface area is 143 Å². The molecular weight excluding hydrogens is 330 g/mol. The summed E-state index contributed by atoms with van der Waals surface area (Å²) in [4.78, 5) is 37.4. The Hall–Kier alpha value is -2.99. The summed E-state index contributed by atoms with van der Waals surface area (Å²) >= 11 is 0. The van der Waals surface area contributed by atoms with Crippen molar-refractivity contribution in [2.24, 2.45) is 0 Å². The van der Waals surface area contributed by atoms with E-state index in [1.165, 1.54) is 9.91 Å². The van der Waals surface area contributed by atoms with Crippen molar-refractivity contribution in [3.63, 3.8) is 0 Å². The molecule has 0 spiro atoms. The summed E-state index contributed by atoms with van der Waals surface area (Å²) in [5.41, 5.74) is -2.04. The van der Waals surface area contributed by atoms with Crippen molar-refractivity contribution in [3.8, 4) is 18.1 Å². The second-order valence-electron chi connectivity index (χ2n) is 5.89. The van der Waals surface area contributed by atoms with E-state index in [9.17, 15) is 19.5 Å². The van der Waals surface area contributed by atoms with Crippen molar-refractivity contribution < 1.29 is 24.5 Å². The number of hydrogen-bond donors (Lipinski definition) is 2. The number of rotatable bonds is 4. The van der Waals surface area contributed by atoms with Crippen molar-refractivity contribution >= 4 is 11.9 Å². The fourth-order valence-corrected chi connectivity index (χ4v) is 3.05. The molecule has 25 heavy (non-hydrogen) atoms. The molecule has 3 heterocycles. The number of carboxylic acids is 1. The molecule has 132 valence electrons. The van der Waals surface area contributed by atoms with Crippen LogP contribution in [0.2, 0.25) is 0 Å². The van der Waals surface area contributed by atoms with Gasteiger partial charge in [0, 0.05) is 19.3 Å². The monoisotopic (exact) mass is 347 g/mol. The van der Waals surface area contributed by atoms with Gasteiger partial charge in [-0.05, 0) is 12.8 Å². The molecule has 1 fully saturated rings. The second kappa shape index (κ2) is 6.49. The van der Waals surface area contributed by atoms with Crippen LogP contribution < -0.4 is 10.4 Å². The first-order valence-corrected chi connectivity index (χ1v) is 7.75. The SMILES string of the molecule is C#CCN1CN(C[C@H]2CCCO2)C(=O)c2c(O)c(=O)c(C(=O)O)cn21. The first kappa shape index (κ1) is 16.9. The summed E-state index contributed by atoms with van der Waals surface area (Å²) in [6, 6.07) is 0. The molecule has 1 amide bonds. The van der Waals surface area contributed by atoms with Crippen LogP contribution in [0.5, 0.6) is 5.75 Å². The highest BCUT2D eigenvalue weighted by atomic mass is 16.5. The van der Waals surface area contributed by atoms with Crippen LogP contribution in [0.15, 0.2) is 11.0 Å². The van der Waals surface area contributed by atoms with Crippen LogP contribution in [0.25, 0.3) is 0 Å². The van der Waals surface area contributed by atoms with Crippen molar-refractivity contribution in [1.29, 1.82) is 0 Å². The normalized spacial score (nSPS) is 19.6. The summed E-state index contributed by atoms with van der Waals surface area (Å²) in [6.45, 7) is 1.08. The molecule has 0 aromatic carbocycles. The van der Waals surface area contributed by atoms with E-state index in [0.29, 0.717) is 13.2 Å². The number of nitrogens with zero attached hydrogens (tertiary/aromatic N) is 3. The van der Waals surface area contributed by atoms with E-state index in [1.807, 2.05) is 0 Å². The molecule has 1 aromatic heterocycles. The molecule has 1 saturated heterocycles. The molecule has 9 nitrogen and oxygen atoms in total. The van der Waals surface area contributed by atoms with Gasteiger partial charge in [-0.2, -0.15) is 0 Å². The Morgan fingerprint density at radius 1 is 1.44 bits per heavy atom. The van der Waals surface area contributed by atoms with E-state index in [4.69, 9.17) is 16.3 Å². The highest BCUT2D eigenvalue weighted by Crippen LogP contribution is 2.23. The van der Waals surface area contributed by atoms with Crippen LogP contribution in [0.1, 0.15) is 33.7 Å². The fourth-order valence-electron chi connectivity index (χ4n) is 3.05. The molecular formula is C16H17N3O6. The number of aromatic hydroxyl groups is 1. The number of hydrogen-bond acceptors (Lipinski definition) is 6.